The van der Waals surface area contributed by atoms with Crippen LogP contribution in [0.1, 0.15) is 18.5 Å². The molecule has 0 amide bonds. The second-order valence-corrected chi connectivity index (χ2v) is 4.59. The first-order valence-corrected chi connectivity index (χ1v) is 6.53. The molecule has 112 valence electrons. The summed E-state index contributed by atoms with van der Waals surface area (Å²) in [6.45, 7) is 1.94. The van der Waals surface area contributed by atoms with Gasteiger partial charge in [-0.05, 0) is 26.1 Å². The van der Waals surface area contributed by atoms with Crippen molar-refractivity contribution in [2.45, 2.75) is 13.0 Å². The Bertz CT molecular complexity index is 611. The highest BCUT2D eigenvalue weighted by Crippen LogP contribution is 2.36. The maximum absolute atomic E-state index is 13.2. The van der Waals surface area contributed by atoms with Gasteiger partial charge in [0.15, 0.2) is 0 Å². The largest absolute Gasteiger partial charge is 0.496 e. The average molecular weight is 293 g/mol. The van der Waals surface area contributed by atoms with Gasteiger partial charge in [0.05, 0.1) is 12.7 Å². The van der Waals surface area contributed by atoms with Gasteiger partial charge in [-0.3, -0.25) is 0 Å². The summed E-state index contributed by atoms with van der Waals surface area (Å²) in [7, 11) is 3.37. The van der Waals surface area contributed by atoms with Crippen LogP contribution >= 0.6 is 0 Å². The van der Waals surface area contributed by atoms with Gasteiger partial charge in [-0.15, -0.1) is 0 Å². The lowest BCUT2D eigenvalue weighted by molar-refractivity contribution is 0.392. The predicted molar refractivity (Wildman–Crippen MR) is 76.9 cm³/mol. The maximum atomic E-state index is 13.2. The molecule has 2 rings (SSSR count). The van der Waals surface area contributed by atoms with E-state index in [1.165, 1.54) is 0 Å². The van der Waals surface area contributed by atoms with Gasteiger partial charge in [0.2, 0.25) is 0 Å². The van der Waals surface area contributed by atoms with E-state index in [-0.39, 0.29) is 11.8 Å². The minimum Gasteiger partial charge on any atom is -0.496 e. The van der Waals surface area contributed by atoms with Crippen molar-refractivity contribution in [1.29, 1.82) is 0 Å². The van der Waals surface area contributed by atoms with Crippen molar-refractivity contribution >= 4 is 0 Å². The summed E-state index contributed by atoms with van der Waals surface area (Å²) in [6.07, 6.45) is 0. The van der Waals surface area contributed by atoms with Crippen molar-refractivity contribution in [2.24, 2.45) is 0 Å². The Morgan fingerprint density at radius 1 is 1.05 bits per heavy atom. The molecule has 21 heavy (non-hydrogen) atoms. The third-order valence-electron chi connectivity index (χ3n) is 3.18. The van der Waals surface area contributed by atoms with Crippen molar-refractivity contribution in [3.8, 4) is 17.2 Å². The van der Waals surface area contributed by atoms with Gasteiger partial charge in [0.25, 0.3) is 0 Å². The normalized spacial score (nSPS) is 12.0. The van der Waals surface area contributed by atoms with E-state index in [2.05, 4.69) is 5.32 Å². The molecule has 5 heteroatoms. The molecule has 1 N–H and O–H groups in total. The summed E-state index contributed by atoms with van der Waals surface area (Å²) in [6, 6.07) is 8.32. The van der Waals surface area contributed by atoms with E-state index in [0.717, 1.165) is 23.8 Å². The van der Waals surface area contributed by atoms with Gasteiger partial charge in [-0.1, -0.05) is 6.07 Å². The Morgan fingerprint density at radius 3 is 2.24 bits per heavy atom. The molecule has 0 aromatic heterocycles. The van der Waals surface area contributed by atoms with Gasteiger partial charge in [-0.25, -0.2) is 8.78 Å². The Morgan fingerprint density at radius 2 is 1.67 bits per heavy atom. The van der Waals surface area contributed by atoms with Crippen LogP contribution in [0.25, 0.3) is 0 Å². The SMILES string of the molecule is CNC(C)c1c(OC)cccc1Oc1cc(F)cc(F)c1. The molecule has 1 unspecified atom stereocenters. The highest BCUT2D eigenvalue weighted by Gasteiger charge is 2.17. The van der Waals surface area contributed by atoms with Crippen LogP contribution in [0.4, 0.5) is 8.78 Å². The molecule has 0 heterocycles. The zero-order valence-corrected chi connectivity index (χ0v) is 12.1. The Labute approximate surface area is 122 Å². The van der Waals surface area contributed by atoms with E-state index in [4.69, 9.17) is 9.47 Å². The molecule has 0 radical (unpaired) electrons. The van der Waals surface area contributed by atoms with E-state index in [1.807, 2.05) is 20.0 Å². The monoisotopic (exact) mass is 293 g/mol. The zero-order chi connectivity index (χ0) is 15.4. The molecule has 0 aliphatic carbocycles. The first-order valence-electron chi connectivity index (χ1n) is 6.53. The molecule has 0 saturated carbocycles. The van der Waals surface area contributed by atoms with E-state index >= 15 is 0 Å². The van der Waals surface area contributed by atoms with Gasteiger partial charge in [-0.2, -0.15) is 0 Å². The van der Waals surface area contributed by atoms with Crippen LogP contribution in [-0.4, -0.2) is 14.2 Å². The molecule has 0 fully saturated rings. The van der Waals surface area contributed by atoms with Gasteiger partial charge in [0, 0.05) is 24.2 Å². The third kappa shape index (κ3) is 3.49. The highest BCUT2D eigenvalue weighted by molar-refractivity contribution is 5.48. The fraction of sp³-hybridized carbons (Fsp3) is 0.250. The second-order valence-electron chi connectivity index (χ2n) is 4.59. The molecule has 0 bridgehead atoms. The number of ether oxygens (including phenoxy) is 2. The van der Waals surface area contributed by atoms with Gasteiger partial charge >= 0.3 is 0 Å². The van der Waals surface area contributed by atoms with E-state index in [1.54, 1.807) is 19.2 Å². The second kappa shape index (κ2) is 6.54. The van der Waals surface area contributed by atoms with Crippen LogP contribution in [0.2, 0.25) is 0 Å². The van der Waals surface area contributed by atoms with Crippen LogP contribution in [0.3, 0.4) is 0 Å². The lowest BCUT2D eigenvalue weighted by Crippen LogP contribution is -2.14. The molecular formula is C16H17F2NO2. The molecular weight excluding hydrogens is 276 g/mol. The third-order valence-corrected chi connectivity index (χ3v) is 3.18. The minimum atomic E-state index is -0.684. The van der Waals surface area contributed by atoms with E-state index < -0.39 is 11.6 Å². The molecule has 0 saturated heterocycles. The van der Waals surface area contributed by atoms with Gasteiger partial charge in [0.1, 0.15) is 28.9 Å². The number of methoxy groups -OCH3 is 1. The smallest absolute Gasteiger partial charge is 0.135 e. The first-order chi connectivity index (χ1) is 10.0. The number of nitrogens with one attached hydrogen (secondary N) is 1. The molecule has 0 aliphatic rings. The minimum absolute atomic E-state index is 0.0467. The van der Waals surface area contributed by atoms with Crippen molar-refractivity contribution in [2.75, 3.05) is 14.2 Å². The Balaban J connectivity index is 2.43. The fourth-order valence-electron chi connectivity index (χ4n) is 2.08. The molecule has 2 aromatic carbocycles. The number of rotatable bonds is 5. The summed E-state index contributed by atoms with van der Waals surface area (Å²) in [4.78, 5) is 0. The van der Waals surface area contributed by atoms with Crippen LogP contribution in [0.15, 0.2) is 36.4 Å². The number of benzene rings is 2. The molecule has 2 aromatic rings. The first kappa shape index (κ1) is 15.3. The fourth-order valence-corrected chi connectivity index (χ4v) is 2.08. The predicted octanol–water partition coefficient (Wildman–Crippen LogP) is 4.05. The molecule has 1 atom stereocenters. The summed E-state index contributed by atoms with van der Waals surface area (Å²) in [5.41, 5.74) is 0.784. The standard InChI is InChI=1S/C16H17F2NO2/c1-10(19-2)16-14(20-3)5-4-6-15(16)21-13-8-11(17)7-12(18)9-13/h4-10,19H,1-3H3. The zero-order valence-electron chi connectivity index (χ0n) is 12.1. The summed E-state index contributed by atoms with van der Waals surface area (Å²) in [5.74, 6) is -0.134. The van der Waals surface area contributed by atoms with Crippen LogP contribution in [-0.2, 0) is 0 Å². The van der Waals surface area contributed by atoms with Crippen molar-refractivity contribution in [3.63, 3.8) is 0 Å². The quantitative estimate of drug-likeness (QED) is 0.902. The Kier molecular flexibility index (Phi) is 4.75. The van der Waals surface area contributed by atoms with Crippen LogP contribution < -0.4 is 14.8 Å². The summed E-state index contributed by atoms with van der Waals surface area (Å²) >= 11 is 0. The summed E-state index contributed by atoms with van der Waals surface area (Å²) in [5, 5.41) is 3.10. The molecule has 3 nitrogen and oxygen atoms in total. The lowest BCUT2D eigenvalue weighted by atomic mass is 10.1. The molecule has 0 spiro atoms. The van der Waals surface area contributed by atoms with Crippen molar-refractivity contribution in [3.05, 3.63) is 53.6 Å². The molecule has 0 aliphatic heterocycles. The van der Waals surface area contributed by atoms with E-state index in [9.17, 15) is 8.78 Å². The van der Waals surface area contributed by atoms with Crippen molar-refractivity contribution < 1.29 is 18.3 Å². The van der Waals surface area contributed by atoms with Crippen LogP contribution in [0.5, 0.6) is 17.2 Å². The number of halogens is 2. The number of hydrogen-bond donors (Lipinski definition) is 1. The average Bonchev–Trinajstić information content (AvgIpc) is 2.45. The maximum Gasteiger partial charge on any atom is 0.135 e. The van der Waals surface area contributed by atoms with E-state index in [0.29, 0.717) is 11.5 Å². The number of hydrogen-bond acceptors (Lipinski definition) is 3. The Hall–Kier alpha value is -2.14. The van der Waals surface area contributed by atoms with Gasteiger partial charge < -0.3 is 14.8 Å². The van der Waals surface area contributed by atoms with Crippen molar-refractivity contribution in [1.82, 2.24) is 5.32 Å². The summed E-state index contributed by atoms with van der Waals surface area (Å²) < 4.78 is 37.5. The lowest BCUT2D eigenvalue weighted by Gasteiger charge is -2.19. The highest BCUT2D eigenvalue weighted by atomic mass is 19.1. The topological polar surface area (TPSA) is 30.5 Å². The van der Waals surface area contributed by atoms with Crippen LogP contribution in [0, 0.1) is 11.6 Å².